The van der Waals surface area contributed by atoms with E-state index in [9.17, 15) is 4.79 Å². The quantitative estimate of drug-likeness (QED) is 0.753. The van der Waals surface area contributed by atoms with E-state index in [1.165, 1.54) is 0 Å². The number of imidazole rings is 1. The van der Waals surface area contributed by atoms with Gasteiger partial charge >= 0.3 is 0 Å². The molecular formula is C19H19N3O2. The Balaban J connectivity index is 1.61. The molecule has 0 bridgehead atoms. The highest BCUT2D eigenvalue weighted by Crippen LogP contribution is 2.21. The summed E-state index contributed by atoms with van der Waals surface area (Å²) >= 11 is 0. The number of benzene rings is 2. The van der Waals surface area contributed by atoms with Crippen molar-refractivity contribution in [1.29, 1.82) is 0 Å². The molecule has 0 saturated heterocycles. The first kappa shape index (κ1) is 15.8. The molecule has 0 aliphatic rings. The number of aromatic nitrogens is 2. The molecule has 3 rings (SSSR count). The Labute approximate surface area is 140 Å². The summed E-state index contributed by atoms with van der Waals surface area (Å²) in [5.41, 5.74) is 3.75. The third kappa shape index (κ3) is 4.01. The molecule has 2 N–H and O–H groups in total. The van der Waals surface area contributed by atoms with Gasteiger partial charge in [0.1, 0.15) is 11.6 Å². The molecule has 1 amide bonds. The van der Waals surface area contributed by atoms with Gasteiger partial charge in [0.15, 0.2) is 6.61 Å². The standard InChI is InChI=1S/C19H19N3O2/c1-13-6-8-17(9-7-13)24-12-19(23)22-16-5-3-4-15(10-16)18-11-20-14(2)21-18/h3-11H,12H2,1-2H3,(H,20,21)(H,22,23). The maximum Gasteiger partial charge on any atom is 0.262 e. The van der Waals surface area contributed by atoms with Crippen molar-refractivity contribution >= 4 is 11.6 Å². The lowest BCUT2D eigenvalue weighted by atomic mass is 10.1. The lowest BCUT2D eigenvalue weighted by Gasteiger charge is -2.08. The molecule has 1 aromatic heterocycles. The smallest absolute Gasteiger partial charge is 0.262 e. The Morgan fingerprint density at radius 3 is 2.67 bits per heavy atom. The molecule has 0 radical (unpaired) electrons. The topological polar surface area (TPSA) is 67.0 Å². The summed E-state index contributed by atoms with van der Waals surface area (Å²) in [6, 6.07) is 15.2. The van der Waals surface area contributed by atoms with Crippen LogP contribution in [0.3, 0.4) is 0 Å². The van der Waals surface area contributed by atoms with Crippen molar-refractivity contribution in [2.24, 2.45) is 0 Å². The van der Waals surface area contributed by atoms with E-state index in [2.05, 4.69) is 15.3 Å². The number of carbonyl (C=O) groups excluding carboxylic acids is 1. The van der Waals surface area contributed by atoms with Gasteiger partial charge in [-0.1, -0.05) is 29.8 Å². The lowest BCUT2D eigenvalue weighted by molar-refractivity contribution is -0.118. The van der Waals surface area contributed by atoms with Gasteiger partial charge in [0, 0.05) is 11.3 Å². The van der Waals surface area contributed by atoms with E-state index in [1.54, 1.807) is 6.20 Å². The molecule has 0 unspecified atom stereocenters. The van der Waals surface area contributed by atoms with Gasteiger partial charge in [-0.05, 0) is 38.1 Å². The van der Waals surface area contributed by atoms with Crippen molar-refractivity contribution in [2.45, 2.75) is 13.8 Å². The van der Waals surface area contributed by atoms with E-state index >= 15 is 0 Å². The van der Waals surface area contributed by atoms with Crippen LogP contribution in [-0.2, 0) is 4.79 Å². The van der Waals surface area contributed by atoms with Crippen LogP contribution in [0.25, 0.3) is 11.3 Å². The number of H-pyrrole nitrogens is 1. The second-order valence-electron chi connectivity index (χ2n) is 5.61. The van der Waals surface area contributed by atoms with Gasteiger partial charge < -0.3 is 15.0 Å². The van der Waals surface area contributed by atoms with Crippen LogP contribution < -0.4 is 10.1 Å². The first-order chi connectivity index (χ1) is 11.6. The van der Waals surface area contributed by atoms with E-state index < -0.39 is 0 Å². The van der Waals surface area contributed by atoms with Crippen LogP contribution in [0.15, 0.2) is 54.7 Å². The monoisotopic (exact) mass is 321 g/mol. The molecule has 0 aliphatic carbocycles. The molecule has 0 aliphatic heterocycles. The fraction of sp³-hybridized carbons (Fsp3) is 0.158. The van der Waals surface area contributed by atoms with E-state index in [0.717, 1.165) is 28.3 Å². The normalized spacial score (nSPS) is 10.4. The van der Waals surface area contributed by atoms with Crippen LogP contribution >= 0.6 is 0 Å². The Kier molecular flexibility index (Phi) is 4.61. The minimum absolute atomic E-state index is 0.0313. The second kappa shape index (κ2) is 7.00. The lowest BCUT2D eigenvalue weighted by Crippen LogP contribution is -2.20. The second-order valence-corrected chi connectivity index (χ2v) is 5.61. The van der Waals surface area contributed by atoms with E-state index in [4.69, 9.17) is 4.74 Å². The Bertz CT molecular complexity index is 838. The SMILES string of the molecule is Cc1ccc(OCC(=O)Nc2cccc(-c3cnc(C)[nH]3)c2)cc1. The maximum absolute atomic E-state index is 12.0. The minimum Gasteiger partial charge on any atom is -0.484 e. The number of carbonyl (C=O) groups is 1. The van der Waals surface area contributed by atoms with Crippen molar-refractivity contribution < 1.29 is 9.53 Å². The largest absolute Gasteiger partial charge is 0.484 e. The number of nitrogens with zero attached hydrogens (tertiary/aromatic N) is 1. The number of rotatable bonds is 5. The van der Waals surface area contributed by atoms with Gasteiger partial charge in [-0.25, -0.2) is 4.98 Å². The zero-order valence-electron chi connectivity index (χ0n) is 13.7. The third-order valence-electron chi connectivity index (χ3n) is 3.55. The average Bonchev–Trinajstić information content (AvgIpc) is 3.01. The fourth-order valence-electron chi connectivity index (χ4n) is 2.31. The van der Waals surface area contributed by atoms with Crippen LogP contribution in [0.1, 0.15) is 11.4 Å². The fourth-order valence-corrected chi connectivity index (χ4v) is 2.31. The molecule has 3 aromatic rings. The summed E-state index contributed by atoms with van der Waals surface area (Å²) in [5, 5.41) is 2.84. The molecule has 0 atom stereocenters. The summed E-state index contributed by atoms with van der Waals surface area (Å²) in [7, 11) is 0. The van der Waals surface area contributed by atoms with Gasteiger partial charge in [-0.3, -0.25) is 4.79 Å². The van der Waals surface area contributed by atoms with E-state index in [1.807, 2.05) is 62.4 Å². The molecule has 0 saturated carbocycles. The van der Waals surface area contributed by atoms with Gasteiger partial charge in [0.2, 0.25) is 0 Å². The number of hydrogen-bond acceptors (Lipinski definition) is 3. The number of ether oxygens (including phenoxy) is 1. The van der Waals surface area contributed by atoms with E-state index in [0.29, 0.717) is 5.75 Å². The van der Waals surface area contributed by atoms with Crippen LogP contribution in [0.5, 0.6) is 5.75 Å². The minimum atomic E-state index is -0.200. The van der Waals surface area contributed by atoms with Gasteiger partial charge in [-0.2, -0.15) is 0 Å². The van der Waals surface area contributed by atoms with E-state index in [-0.39, 0.29) is 12.5 Å². The van der Waals surface area contributed by atoms with Gasteiger partial charge in [0.05, 0.1) is 11.9 Å². The summed E-state index contributed by atoms with van der Waals surface area (Å²) in [6.45, 7) is 3.87. The molecule has 122 valence electrons. The Morgan fingerprint density at radius 1 is 1.17 bits per heavy atom. The molecule has 5 nitrogen and oxygen atoms in total. The predicted molar refractivity (Wildman–Crippen MR) is 94.1 cm³/mol. The Hall–Kier alpha value is -3.08. The van der Waals surface area contributed by atoms with Gasteiger partial charge in [-0.15, -0.1) is 0 Å². The molecule has 24 heavy (non-hydrogen) atoms. The maximum atomic E-state index is 12.0. The van der Waals surface area contributed by atoms with Crippen LogP contribution in [0.4, 0.5) is 5.69 Å². The van der Waals surface area contributed by atoms with Crippen molar-refractivity contribution in [2.75, 3.05) is 11.9 Å². The Morgan fingerprint density at radius 2 is 1.96 bits per heavy atom. The summed E-state index contributed by atoms with van der Waals surface area (Å²) in [6.07, 6.45) is 1.77. The number of hydrogen-bond donors (Lipinski definition) is 2. The average molecular weight is 321 g/mol. The highest BCUT2D eigenvalue weighted by Gasteiger charge is 2.06. The van der Waals surface area contributed by atoms with Crippen LogP contribution in [0.2, 0.25) is 0 Å². The number of anilines is 1. The molecule has 5 heteroatoms. The van der Waals surface area contributed by atoms with Crippen molar-refractivity contribution in [1.82, 2.24) is 9.97 Å². The first-order valence-corrected chi connectivity index (χ1v) is 7.71. The number of amides is 1. The molecule has 2 aromatic carbocycles. The zero-order valence-corrected chi connectivity index (χ0v) is 13.7. The van der Waals surface area contributed by atoms with Crippen molar-refractivity contribution in [3.05, 3.63) is 66.1 Å². The zero-order chi connectivity index (χ0) is 16.9. The third-order valence-corrected chi connectivity index (χ3v) is 3.55. The van der Waals surface area contributed by atoms with Crippen LogP contribution in [0, 0.1) is 13.8 Å². The highest BCUT2D eigenvalue weighted by molar-refractivity contribution is 5.92. The molecule has 0 fully saturated rings. The van der Waals surface area contributed by atoms with Crippen molar-refractivity contribution in [3.8, 4) is 17.0 Å². The highest BCUT2D eigenvalue weighted by atomic mass is 16.5. The summed E-state index contributed by atoms with van der Waals surface area (Å²) in [4.78, 5) is 19.4. The number of aryl methyl sites for hydroxylation is 2. The predicted octanol–water partition coefficient (Wildman–Crippen LogP) is 3.71. The first-order valence-electron chi connectivity index (χ1n) is 7.71. The van der Waals surface area contributed by atoms with Crippen molar-refractivity contribution in [3.63, 3.8) is 0 Å². The summed E-state index contributed by atoms with van der Waals surface area (Å²) in [5.74, 6) is 1.33. The molecular weight excluding hydrogens is 302 g/mol. The molecule has 0 spiro atoms. The molecule has 1 heterocycles. The van der Waals surface area contributed by atoms with Crippen LogP contribution in [-0.4, -0.2) is 22.5 Å². The summed E-state index contributed by atoms with van der Waals surface area (Å²) < 4.78 is 5.48. The van der Waals surface area contributed by atoms with Gasteiger partial charge in [0.25, 0.3) is 5.91 Å². The number of nitrogens with one attached hydrogen (secondary N) is 2. The number of aromatic amines is 1.